The zero-order valence-electron chi connectivity index (χ0n) is 25.4. The van der Waals surface area contributed by atoms with Crippen molar-refractivity contribution in [1.29, 1.82) is 0 Å². The lowest BCUT2D eigenvalue weighted by atomic mass is 10.0. The van der Waals surface area contributed by atoms with Gasteiger partial charge in [0, 0.05) is 12.8 Å². The third-order valence-electron chi connectivity index (χ3n) is 7.62. The first-order chi connectivity index (χ1) is 18.6. The van der Waals surface area contributed by atoms with Gasteiger partial charge in [-0.05, 0) is 12.8 Å². The molecule has 0 fully saturated rings. The highest BCUT2D eigenvalue weighted by Gasteiger charge is 2.29. The van der Waals surface area contributed by atoms with E-state index in [2.05, 4.69) is 13.8 Å². The Kier molecular flexibility index (Phi) is 28.3. The summed E-state index contributed by atoms with van der Waals surface area (Å²) in [4.78, 5) is 24.9. The summed E-state index contributed by atoms with van der Waals surface area (Å²) in [6.07, 6.45) is 27.3. The molecule has 0 amide bonds. The molecular formula is C33H64O5. The topological polar surface area (TPSA) is 83.8 Å². The quantitative estimate of drug-likeness (QED) is 0.0701. The average molecular weight is 541 g/mol. The van der Waals surface area contributed by atoms with Crippen LogP contribution in [0, 0.1) is 0 Å². The minimum atomic E-state index is -1.34. The number of ketones is 1. The zero-order chi connectivity index (χ0) is 28.1. The van der Waals surface area contributed by atoms with Crippen LogP contribution in [-0.4, -0.2) is 40.8 Å². The van der Waals surface area contributed by atoms with Crippen molar-refractivity contribution in [2.24, 2.45) is 0 Å². The molecular weight excluding hydrogens is 476 g/mol. The van der Waals surface area contributed by atoms with Crippen molar-refractivity contribution < 1.29 is 24.5 Å². The highest BCUT2D eigenvalue weighted by Crippen LogP contribution is 2.16. The minimum absolute atomic E-state index is 0.262. The number of aliphatic hydroxyl groups is 2. The number of aliphatic hydroxyl groups excluding tert-OH is 2. The first-order valence-corrected chi connectivity index (χ1v) is 16.6. The zero-order valence-corrected chi connectivity index (χ0v) is 25.4. The Labute approximate surface area is 235 Å². The van der Waals surface area contributed by atoms with Crippen molar-refractivity contribution in [3.05, 3.63) is 0 Å². The Morgan fingerprint density at radius 1 is 0.526 bits per heavy atom. The van der Waals surface area contributed by atoms with Gasteiger partial charge in [0.15, 0.2) is 11.9 Å². The van der Waals surface area contributed by atoms with Crippen LogP contribution in [0.15, 0.2) is 0 Å². The van der Waals surface area contributed by atoms with Gasteiger partial charge in [0.1, 0.15) is 6.10 Å². The molecule has 0 aliphatic heterocycles. The van der Waals surface area contributed by atoms with Crippen molar-refractivity contribution in [2.45, 2.75) is 193 Å². The summed E-state index contributed by atoms with van der Waals surface area (Å²) < 4.78 is 5.32. The van der Waals surface area contributed by atoms with Crippen molar-refractivity contribution in [3.8, 4) is 0 Å². The van der Waals surface area contributed by atoms with Gasteiger partial charge in [-0.2, -0.15) is 0 Å². The SMILES string of the molecule is CCCCCCCCCCCCCCCC(=O)[C@@H](OC(=O)CCCCCCCCCCCCC)[C@@H](O)CO. The normalized spacial score (nSPS) is 12.9. The van der Waals surface area contributed by atoms with Crippen LogP contribution < -0.4 is 0 Å². The van der Waals surface area contributed by atoms with Crippen LogP contribution in [0.2, 0.25) is 0 Å². The summed E-state index contributed by atoms with van der Waals surface area (Å²) >= 11 is 0. The molecule has 0 heterocycles. The van der Waals surface area contributed by atoms with E-state index >= 15 is 0 Å². The standard InChI is InChI=1S/C33H64O5/c1-3-5-7-9-11-13-15-16-18-19-21-23-25-27-30(35)33(31(36)29-34)38-32(37)28-26-24-22-20-17-14-12-10-8-6-4-2/h31,33-34,36H,3-29H2,1-2H3/t31-,33+/m0/s1. The summed E-state index contributed by atoms with van der Waals surface area (Å²) in [5.74, 6) is -0.723. The molecule has 0 aromatic rings. The Balaban J connectivity index is 3.84. The van der Waals surface area contributed by atoms with E-state index in [9.17, 15) is 19.8 Å². The number of carbonyl (C=O) groups is 2. The molecule has 2 N–H and O–H groups in total. The molecule has 0 rings (SSSR count). The van der Waals surface area contributed by atoms with Gasteiger partial charge in [0.05, 0.1) is 6.61 Å². The Morgan fingerprint density at radius 3 is 1.18 bits per heavy atom. The van der Waals surface area contributed by atoms with Crippen molar-refractivity contribution in [2.75, 3.05) is 6.61 Å². The molecule has 226 valence electrons. The fraction of sp³-hybridized carbons (Fsp3) is 0.939. The molecule has 0 saturated heterocycles. The summed E-state index contributed by atoms with van der Waals surface area (Å²) in [5.41, 5.74) is 0. The lowest BCUT2D eigenvalue weighted by Crippen LogP contribution is -2.40. The number of Topliss-reactive ketones (excluding diaryl/α,β-unsaturated/α-hetero) is 1. The summed E-state index contributed by atoms with van der Waals surface area (Å²) in [5, 5.41) is 19.4. The summed E-state index contributed by atoms with van der Waals surface area (Å²) in [6, 6.07) is 0. The number of unbranched alkanes of at least 4 members (excludes halogenated alkanes) is 22. The van der Waals surface area contributed by atoms with Crippen LogP contribution in [0.5, 0.6) is 0 Å². The monoisotopic (exact) mass is 540 g/mol. The molecule has 0 aromatic heterocycles. The third kappa shape index (κ3) is 24.1. The molecule has 5 heteroatoms. The summed E-state index contributed by atoms with van der Waals surface area (Å²) in [7, 11) is 0. The average Bonchev–Trinajstić information content (AvgIpc) is 2.92. The van der Waals surface area contributed by atoms with E-state index in [4.69, 9.17) is 4.74 Å². The molecule has 2 atom stereocenters. The summed E-state index contributed by atoms with van der Waals surface area (Å²) in [6.45, 7) is 3.91. The molecule has 0 spiro atoms. The predicted molar refractivity (Wildman–Crippen MR) is 159 cm³/mol. The molecule has 38 heavy (non-hydrogen) atoms. The van der Waals surface area contributed by atoms with E-state index in [1.54, 1.807) is 0 Å². The van der Waals surface area contributed by atoms with E-state index in [0.717, 1.165) is 38.5 Å². The smallest absolute Gasteiger partial charge is 0.306 e. The minimum Gasteiger partial charge on any atom is -0.451 e. The molecule has 0 bridgehead atoms. The largest absolute Gasteiger partial charge is 0.451 e. The number of rotatable bonds is 30. The Morgan fingerprint density at radius 2 is 0.842 bits per heavy atom. The second-order valence-corrected chi connectivity index (χ2v) is 11.4. The van der Waals surface area contributed by atoms with Gasteiger partial charge >= 0.3 is 5.97 Å². The lowest BCUT2D eigenvalue weighted by Gasteiger charge is -2.20. The van der Waals surface area contributed by atoms with Gasteiger partial charge in [-0.1, -0.05) is 155 Å². The van der Waals surface area contributed by atoms with Crippen LogP contribution in [0.1, 0.15) is 181 Å². The van der Waals surface area contributed by atoms with Crippen LogP contribution in [0.25, 0.3) is 0 Å². The highest BCUT2D eigenvalue weighted by atomic mass is 16.6. The number of hydrogen-bond acceptors (Lipinski definition) is 5. The van der Waals surface area contributed by atoms with E-state index in [-0.39, 0.29) is 18.6 Å². The molecule has 0 aliphatic carbocycles. The van der Waals surface area contributed by atoms with E-state index in [1.807, 2.05) is 0 Å². The highest BCUT2D eigenvalue weighted by molar-refractivity contribution is 5.86. The molecule has 0 unspecified atom stereocenters. The van der Waals surface area contributed by atoms with E-state index in [0.29, 0.717) is 0 Å². The second kappa shape index (κ2) is 29.1. The van der Waals surface area contributed by atoms with Crippen molar-refractivity contribution in [1.82, 2.24) is 0 Å². The maximum absolute atomic E-state index is 12.6. The first-order valence-electron chi connectivity index (χ1n) is 16.6. The number of ether oxygens (including phenoxy) is 1. The van der Waals surface area contributed by atoms with Gasteiger partial charge in [-0.3, -0.25) is 9.59 Å². The Hall–Kier alpha value is -0.940. The van der Waals surface area contributed by atoms with Crippen LogP contribution >= 0.6 is 0 Å². The van der Waals surface area contributed by atoms with Crippen LogP contribution in [0.4, 0.5) is 0 Å². The number of hydrogen-bond donors (Lipinski definition) is 2. The lowest BCUT2D eigenvalue weighted by molar-refractivity contribution is -0.163. The fourth-order valence-corrected chi connectivity index (χ4v) is 5.05. The molecule has 0 radical (unpaired) electrons. The molecule has 0 aromatic carbocycles. The number of carbonyl (C=O) groups excluding carboxylic acids is 2. The van der Waals surface area contributed by atoms with Gasteiger partial charge in [0.25, 0.3) is 0 Å². The fourth-order valence-electron chi connectivity index (χ4n) is 5.05. The van der Waals surface area contributed by atoms with Gasteiger partial charge < -0.3 is 14.9 Å². The van der Waals surface area contributed by atoms with Crippen LogP contribution in [0.3, 0.4) is 0 Å². The van der Waals surface area contributed by atoms with Crippen LogP contribution in [-0.2, 0) is 14.3 Å². The maximum Gasteiger partial charge on any atom is 0.306 e. The molecule has 0 aliphatic rings. The number of esters is 1. The molecule has 0 saturated carbocycles. The van der Waals surface area contributed by atoms with E-state index < -0.39 is 24.8 Å². The van der Waals surface area contributed by atoms with Crippen molar-refractivity contribution >= 4 is 11.8 Å². The Bertz CT molecular complexity index is 522. The van der Waals surface area contributed by atoms with Gasteiger partial charge in [-0.15, -0.1) is 0 Å². The van der Waals surface area contributed by atoms with E-state index in [1.165, 1.54) is 116 Å². The predicted octanol–water partition coefficient (Wildman–Crippen LogP) is 9.00. The maximum atomic E-state index is 12.6. The van der Waals surface area contributed by atoms with Gasteiger partial charge in [-0.25, -0.2) is 0 Å². The second-order valence-electron chi connectivity index (χ2n) is 11.4. The molecule has 5 nitrogen and oxygen atoms in total. The first kappa shape index (κ1) is 37.1. The van der Waals surface area contributed by atoms with Gasteiger partial charge in [0.2, 0.25) is 0 Å². The third-order valence-corrected chi connectivity index (χ3v) is 7.62. The van der Waals surface area contributed by atoms with Crippen molar-refractivity contribution in [3.63, 3.8) is 0 Å².